The van der Waals surface area contributed by atoms with Crippen molar-refractivity contribution in [2.45, 2.75) is 6.92 Å². The maximum atomic E-state index is 4.70. The van der Waals surface area contributed by atoms with Crippen LogP contribution in [-0.4, -0.2) is 36.1 Å². The van der Waals surface area contributed by atoms with Crippen molar-refractivity contribution < 1.29 is 0 Å². The molecule has 0 aliphatic carbocycles. The number of hydrogen-bond donors (Lipinski definition) is 1. The summed E-state index contributed by atoms with van der Waals surface area (Å²) in [7, 11) is 0. The number of anilines is 1. The zero-order chi connectivity index (χ0) is 11.7. The Balaban J connectivity index is 0.00000120. The molecule has 1 aliphatic rings. The molecule has 1 saturated heterocycles. The minimum Gasteiger partial charge on any atom is -0.353 e. The van der Waals surface area contributed by atoms with Crippen LogP contribution in [0.1, 0.15) is 5.56 Å². The van der Waals surface area contributed by atoms with Gasteiger partial charge in [-0.25, -0.2) is 4.98 Å². The van der Waals surface area contributed by atoms with E-state index in [0.29, 0.717) is 0 Å². The molecule has 5 heteroatoms. The van der Waals surface area contributed by atoms with Crippen LogP contribution in [-0.2, 0) is 0 Å². The monoisotopic (exact) mass is 264 g/mol. The number of nitrogens with one attached hydrogen (secondary N) is 1. The van der Waals surface area contributed by atoms with Gasteiger partial charge < -0.3 is 10.2 Å². The van der Waals surface area contributed by atoms with Gasteiger partial charge in [-0.3, -0.25) is 4.98 Å². The Morgan fingerprint density at radius 3 is 2.78 bits per heavy atom. The zero-order valence-corrected chi connectivity index (χ0v) is 11.2. The molecule has 1 N–H and O–H groups in total. The average Bonchev–Trinajstić information content (AvgIpc) is 2.40. The zero-order valence-electron chi connectivity index (χ0n) is 10.4. The highest BCUT2D eigenvalue weighted by Gasteiger charge is 2.12. The van der Waals surface area contributed by atoms with Gasteiger partial charge in [0.15, 0.2) is 0 Å². The molecule has 0 atom stereocenters. The topological polar surface area (TPSA) is 41.1 Å². The van der Waals surface area contributed by atoms with Gasteiger partial charge in [-0.05, 0) is 18.6 Å². The van der Waals surface area contributed by atoms with Gasteiger partial charge >= 0.3 is 0 Å². The third kappa shape index (κ3) is 2.40. The average molecular weight is 265 g/mol. The number of aromatic nitrogens is 2. The van der Waals surface area contributed by atoms with E-state index in [1.54, 1.807) is 0 Å². The maximum absolute atomic E-state index is 4.70. The van der Waals surface area contributed by atoms with Gasteiger partial charge in [0, 0.05) is 26.2 Å². The lowest BCUT2D eigenvalue weighted by Crippen LogP contribution is -2.43. The second kappa shape index (κ2) is 5.50. The van der Waals surface area contributed by atoms with E-state index in [1.165, 1.54) is 5.56 Å². The van der Waals surface area contributed by atoms with E-state index in [1.807, 2.05) is 18.3 Å². The lowest BCUT2D eigenvalue weighted by molar-refractivity contribution is 0.585. The SMILES string of the molecule is Cc1cccc2nc(N3CCNCC3)cnc12.Cl. The van der Waals surface area contributed by atoms with Crippen LogP contribution < -0.4 is 10.2 Å². The summed E-state index contributed by atoms with van der Waals surface area (Å²) in [6.45, 7) is 6.13. The highest BCUT2D eigenvalue weighted by Crippen LogP contribution is 2.18. The van der Waals surface area contributed by atoms with E-state index >= 15 is 0 Å². The molecule has 0 radical (unpaired) electrons. The smallest absolute Gasteiger partial charge is 0.147 e. The molecular weight excluding hydrogens is 248 g/mol. The number of benzene rings is 1. The fourth-order valence-electron chi connectivity index (χ4n) is 2.22. The van der Waals surface area contributed by atoms with Gasteiger partial charge in [-0.2, -0.15) is 0 Å². The van der Waals surface area contributed by atoms with Crippen LogP contribution in [0.3, 0.4) is 0 Å². The summed E-state index contributed by atoms with van der Waals surface area (Å²) in [6.07, 6.45) is 1.89. The predicted octanol–water partition coefficient (Wildman–Crippen LogP) is 1.77. The molecule has 1 aromatic heterocycles. The molecule has 1 fully saturated rings. The van der Waals surface area contributed by atoms with Crippen LogP contribution in [0.15, 0.2) is 24.4 Å². The third-order valence-corrected chi connectivity index (χ3v) is 3.20. The van der Waals surface area contributed by atoms with Crippen LogP contribution in [0.2, 0.25) is 0 Å². The highest BCUT2D eigenvalue weighted by atomic mass is 35.5. The number of fused-ring (bicyclic) bond motifs is 1. The molecule has 3 rings (SSSR count). The summed E-state index contributed by atoms with van der Waals surface area (Å²) >= 11 is 0. The number of aryl methyl sites for hydroxylation is 1. The number of halogens is 1. The third-order valence-electron chi connectivity index (χ3n) is 3.20. The van der Waals surface area contributed by atoms with E-state index < -0.39 is 0 Å². The molecule has 96 valence electrons. The van der Waals surface area contributed by atoms with Crippen molar-refractivity contribution >= 4 is 29.3 Å². The fourth-order valence-corrected chi connectivity index (χ4v) is 2.22. The molecule has 0 bridgehead atoms. The number of rotatable bonds is 1. The quantitative estimate of drug-likeness (QED) is 0.852. The van der Waals surface area contributed by atoms with Gasteiger partial charge in [-0.1, -0.05) is 12.1 Å². The largest absolute Gasteiger partial charge is 0.353 e. The highest BCUT2D eigenvalue weighted by molar-refractivity contribution is 5.85. The number of piperazine rings is 1. The number of nitrogens with zero attached hydrogens (tertiary/aromatic N) is 3. The van der Waals surface area contributed by atoms with Crippen molar-refractivity contribution in [3.8, 4) is 0 Å². The van der Waals surface area contributed by atoms with Crippen molar-refractivity contribution in [3.05, 3.63) is 30.0 Å². The Hall–Kier alpha value is -1.39. The second-order valence-corrected chi connectivity index (χ2v) is 4.41. The van der Waals surface area contributed by atoms with E-state index in [0.717, 1.165) is 43.0 Å². The summed E-state index contributed by atoms with van der Waals surface area (Å²) in [5.74, 6) is 0.990. The number of hydrogen-bond acceptors (Lipinski definition) is 4. The first-order valence-electron chi connectivity index (χ1n) is 6.02. The molecule has 1 aromatic carbocycles. The summed E-state index contributed by atoms with van der Waals surface area (Å²) in [5.41, 5.74) is 3.18. The van der Waals surface area contributed by atoms with Crippen molar-refractivity contribution in [3.63, 3.8) is 0 Å². The first-order chi connectivity index (χ1) is 8.34. The van der Waals surface area contributed by atoms with Gasteiger partial charge in [0.2, 0.25) is 0 Å². The lowest BCUT2D eigenvalue weighted by atomic mass is 10.2. The van der Waals surface area contributed by atoms with E-state index in [-0.39, 0.29) is 12.4 Å². The molecule has 2 aromatic rings. The van der Waals surface area contributed by atoms with Crippen LogP contribution in [0.5, 0.6) is 0 Å². The Morgan fingerprint density at radius 1 is 1.22 bits per heavy atom. The molecule has 2 heterocycles. The van der Waals surface area contributed by atoms with Crippen molar-refractivity contribution in [2.24, 2.45) is 0 Å². The van der Waals surface area contributed by atoms with Gasteiger partial charge in [-0.15, -0.1) is 12.4 Å². The van der Waals surface area contributed by atoms with Crippen molar-refractivity contribution in [2.75, 3.05) is 31.1 Å². The Kier molecular flexibility index (Phi) is 3.99. The van der Waals surface area contributed by atoms with E-state index in [2.05, 4.69) is 28.2 Å². The Bertz CT molecular complexity index is 538. The van der Waals surface area contributed by atoms with E-state index in [4.69, 9.17) is 4.98 Å². The standard InChI is InChI=1S/C13H16N4.ClH/c1-10-3-2-4-11-13(10)15-9-12(16-11)17-7-5-14-6-8-17;/h2-4,9,14H,5-8H2,1H3;1H. The van der Waals surface area contributed by atoms with Crippen LogP contribution in [0, 0.1) is 6.92 Å². The van der Waals surface area contributed by atoms with Gasteiger partial charge in [0.1, 0.15) is 5.82 Å². The molecule has 18 heavy (non-hydrogen) atoms. The summed E-state index contributed by atoms with van der Waals surface area (Å²) < 4.78 is 0. The first kappa shape index (κ1) is 13.1. The van der Waals surface area contributed by atoms with E-state index in [9.17, 15) is 0 Å². The minimum atomic E-state index is 0. The summed E-state index contributed by atoms with van der Waals surface area (Å²) in [6, 6.07) is 6.14. The molecule has 0 unspecified atom stereocenters. The first-order valence-corrected chi connectivity index (χ1v) is 6.02. The molecule has 0 saturated carbocycles. The predicted molar refractivity (Wildman–Crippen MR) is 76.6 cm³/mol. The van der Waals surface area contributed by atoms with Crippen molar-refractivity contribution in [1.29, 1.82) is 0 Å². The molecule has 0 spiro atoms. The summed E-state index contributed by atoms with van der Waals surface area (Å²) in [4.78, 5) is 11.5. The fraction of sp³-hybridized carbons (Fsp3) is 0.385. The molecule has 1 aliphatic heterocycles. The second-order valence-electron chi connectivity index (χ2n) is 4.41. The van der Waals surface area contributed by atoms with Crippen LogP contribution >= 0.6 is 12.4 Å². The molecular formula is C13H17ClN4. The van der Waals surface area contributed by atoms with Crippen LogP contribution in [0.4, 0.5) is 5.82 Å². The minimum absolute atomic E-state index is 0. The van der Waals surface area contributed by atoms with Crippen molar-refractivity contribution in [1.82, 2.24) is 15.3 Å². The Morgan fingerprint density at radius 2 is 2.00 bits per heavy atom. The lowest BCUT2D eigenvalue weighted by Gasteiger charge is -2.28. The number of para-hydroxylation sites is 1. The van der Waals surface area contributed by atoms with Crippen LogP contribution in [0.25, 0.3) is 11.0 Å². The Labute approximate surface area is 113 Å². The molecule has 0 amide bonds. The summed E-state index contributed by atoms with van der Waals surface area (Å²) in [5, 5.41) is 3.34. The van der Waals surface area contributed by atoms with Gasteiger partial charge in [0.25, 0.3) is 0 Å². The normalized spacial score (nSPS) is 15.5. The van der Waals surface area contributed by atoms with Gasteiger partial charge in [0.05, 0.1) is 17.2 Å². The molecule has 4 nitrogen and oxygen atoms in total. The maximum Gasteiger partial charge on any atom is 0.147 e.